The van der Waals surface area contributed by atoms with E-state index in [0.29, 0.717) is 6.16 Å². The number of hydrogen-bond donors (Lipinski definition) is 0. The van der Waals surface area contributed by atoms with Crippen LogP contribution in [0.4, 0.5) is 0 Å². The maximum absolute atomic E-state index is 11.6. The molecule has 4 heteroatoms. The van der Waals surface area contributed by atoms with Crippen LogP contribution in [-0.4, -0.2) is 31.5 Å². The van der Waals surface area contributed by atoms with E-state index < -0.39 is 7.92 Å². The first-order chi connectivity index (χ1) is 8.40. The smallest absolute Gasteiger partial charge is 0.310 e. The third-order valence-corrected chi connectivity index (χ3v) is 5.85. The average Bonchev–Trinajstić information content (AvgIpc) is 2.34. The topological polar surface area (TPSA) is 35.5 Å². The van der Waals surface area contributed by atoms with Crippen LogP contribution in [0.15, 0.2) is 24.3 Å². The van der Waals surface area contributed by atoms with Crippen LogP contribution in [0, 0.1) is 0 Å². The first-order valence-corrected chi connectivity index (χ1v) is 7.40. The van der Waals surface area contributed by atoms with E-state index in [1.165, 1.54) is 7.11 Å². The summed E-state index contributed by atoms with van der Waals surface area (Å²) in [6.45, 7) is 6.44. The molecule has 1 atom stereocenters. The summed E-state index contributed by atoms with van der Waals surface area (Å²) in [6, 6.07) is 7.90. The van der Waals surface area contributed by atoms with E-state index in [-0.39, 0.29) is 11.1 Å². The summed E-state index contributed by atoms with van der Waals surface area (Å²) in [5.41, 5.74) is 0. The molecule has 18 heavy (non-hydrogen) atoms. The van der Waals surface area contributed by atoms with Gasteiger partial charge in [0.15, 0.2) is 0 Å². The van der Waals surface area contributed by atoms with Gasteiger partial charge in [-0.25, -0.2) is 0 Å². The highest BCUT2D eigenvalue weighted by Crippen LogP contribution is 2.50. The summed E-state index contributed by atoms with van der Waals surface area (Å²) in [4.78, 5) is 11.6. The van der Waals surface area contributed by atoms with Gasteiger partial charge in [0.05, 0.1) is 20.4 Å². The number of carbonyl (C=O) groups excluding carboxylic acids is 1. The highest BCUT2D eigenvalue weighted by atomic mass is 31.1. The lowest BCUT2D eigenvalue weighted by Gasteiger charge is -2.31. The van der Waals surface area contributed by atoms with Crippen molar-refractivity contribution in [2.75, 3.05) is 20.4 Å². The molecule has 0 radical (unpaired) electrons. The van der Waals surface area contributed by atoms with Gasteiger partial charge >= 0.3 is 5.97 Å². The second-order valence-electron chi connectivity index (χ2n) is 5.00. The number of hydrogen-bond acceptors (Lipinski definition) is 3. The molecule has 0 aliphatic rings. The molecule has 0 aliphatic heterocycles. The predicted octanol–water partition coefficient (Wildman–Crippen LogP) is 2.77. The molecule has 0 saturated heterocycles. The first kappa shape index (κ1) is 15.0. The Morgan fingerprint density at radius 1 is 1.22 bits per heavy atom. The third-order valence-electron chi connectivity index (χ3n) is 2.70. The summed E-state index contributed by atoms with van der Waals surface area (Å²) in [5.74, 6) is 0.685. The van der Waals surface area contributed by atoms with Crippen molar-refractivity contribution in [3.05, 3.63) is 24.3 Å². The summed E-state index contributed by atoms with van der Waals surface area (Å²) >= 11 is 0. The lowest BCUT2D eigenvalue weighted by Crippen LogP contribution is -2.25. The van der Waals surface area contributed by atoms with Crippen LogP contribution < -0.4 is 10.0 Å². The van der Waals surface area contributed by atoms with E-state index in [4.69, 9.17) is 9.47 Å². The molecule has 0 N–H and O–H groups in total. The average molecular weight is 268 g/mol. The molecule has 0 amide bonds. The van der Waals surface area contributed by atoms with Gasteiger partial charge in [0.25, 0.3) is 0 Å². The summed E-state index contributed by atoms with van der Waals surface area (Å²) < 4.78 is 10.2. The Balaban J connectivity index is 3.13. The molecule has 1 aromatic carbocycles. The van der Waals surface area contributed by atoms with Crippen LogP contribution in [0.3, 0.4) is 0 Å². The number of carbonyl (C=O) groups is 1. The van der Waals surface area contributed by atoms with Crippen molar-refractivity contribution in [3.8, 4) is 5.75 Å². The zero-order valence-electron chi connectivity index (χ0n) is 11.7. The second-order valence-corrected chi connectivity index (χ2v) is 8.00. The van der Waals surface area contributed by atoms with Crippen molar-refractivity contribution >= 4 is 19.2 Å². The Kier molecular flexibility index (Phi) is 5.15. The normalized spacial score (nSPS) is 12.9. The summed E-state index contributed by atoms with van der Waals surface area (Å²) in [7, 11) is 2.42. The quantitative estimate of drug-likeness (QED) is 0.622. The van der Waals surface area contributed by atoms with Gasteiger partial charge in [-0.05, 0) is 11.2 Å². The second kappa shape index (κ2) is 6.19. The van der Waals surface area contributed by atoms with Gasteiger partial charge in [-0.1, -0.05) is 46.9 Å². The molecule has 100 valence electrons. The molecule has 3 nitrogen and oxygen atoms in total. The molecular formula is C14H21O3P. The van der Waals surface area contributed by atoms with E-state index in [2.05, 4.69) is 20.8 Å². The fourth-order valence-corrected chi connectivity index (χ4v) is 4.18. The van der Waals surface area contributed by atoms with E-state index in [1.807, 2.05) is 24.3 Å². The Labute approximate surface area is 110 Å². The molecule has 1 unspecified atom stereocenters. The van der Waals surface area contributed by atoms with Gasteiger partial charge in [-0.3, -0.25) is 4.79 Å². The molecular weight excluding hydrogens is 247 g/mol. The van der Waals surface area contributed by atoms with Crippen LogP contribution in [0.1, 0.15) is 20.8 Å². The highest BCUT2D eigenvalue weighted by Gasteiger charge is 2.30. The number of methoxy groups -OCH3 is 2. The molecule has 0 saturated carbocycles. The number of ether oxygens (including phenoxy) is 2. The standard InChI is InChI=1S/C14H21O3P/c1-14(2,3)18(10-13(15)17-5)12-9-7-6-8-11(12)16-4/h6-9H,10H2,1-5H3. The van der Waals surface area contributed by atoms with Crippen molar-refractivity contribution < 1.29 is 14.3 Å². The monoisotopic (exact) mass is 268 g/mol. The number of esters is 1. The molecule has 0 aliphatic carbocycles. The zero-order chi connectivity index (χ0) is 13.8. The van der Waals surface area contributed by atoms with Crippen LogP contribution >= 0.6 is 7.92 Å². The van der Waals surface area contributed by atoms with Crippen molar-refractivity contribution in [3.63, 3.8) is 0 Å². The molecule has 0 bridgehead atoms. The number of para-hydroxylation sites is 1. The third kappa shape index (κ3) is 3.71. The van der Waals surface area contributed by atoms with Crippen molar-refractivity contribution in [2.45, 2.75) is 25.9 Å². The van der Waals surface area contributed by atoms with Gasteiger partial charge in [-0.15, -0.1) is 0 Å². The van der Waals surface area contributed by atoms with Crippen LogP contribution in [-0.2, 0) is 9.53 Å². The van der Waals surface area contributed by atoms with Crippen molar-refractivity contribution in [1.29, 1.82) is 0 Å². The van der Waals surface area contributed by atoms with Crippen LogP contribution in [0.5, 0.6) is 5.75 Å². The van der Waals surface area contributed by atoms with Gasteiger partial charge in [-0.2, -0.15) is 0 Å². The fraction of sp³-hybridized carbons (Fsp3) is 0.500. The van der Waals surface area contributed by atoms with Crippen LogP contribution in [0.2, 0.25) is 0 Å². The molecule has 1 rings (SSSR count). The number of rotatable bonds is 4. The molecule has 0 aromatic heterocycles. The summed E-state index contributed by atoms with van der Waals surface area (Å²) in [6.07, 6.45) is 0.426. The van der Waals surface area contributed by atoms with E-state index in [0.717, 1.165) is 11.1 Å². The Morgan fingerprint density at radius 2 is 1.83 bits per heavy atom. The largest absolute Gasteiger partial charge is 0.496 e. The predicted molar refractivity (Wildman–Crippen MR) is 76.2 cm³/mol. The van der Waals surface area contributed by atoms with E-state index in [9.17, 15) is 4.79 Å². The Hall–Kier alpha value is -1.08. The van der Waals surface area contributed by atoms with Gasteiger partial charge in [0, 0.05) is 5.30 Å². The minimum Gasteiger partial charge on any atom is -0.496 e. The summed E-state index contributed by atoms with van der Waals surface area (Å²) in [5, 5.41) is 1.14. The van der Waals surface area contributed by atoms with Gasteiger partial charge < -0.3 is 9.47 Å². The minimum absolute atomic E-state index is 0.0259. The highest BCUT2D eigenvalue weighted by molar-refractivity contribution is 7.68. The minimum atomic E-state index is -0.668. The molecule has 0 heterocycles. The number of benzene rings is 1. The molecule has 0 spiro atoms. The van der Waals surface area contributed by atoms with Crippen molar-refractivity contribution in [2.24, 2.45) is 0 Å². The maximum atomic E-state index is 11.6. The lowest BCUT2D eigenvalue weighted by molar-refractivity contribution is -0.137. The maximum Gasteiger partial charge on any atom is 0.310 e. The SMILES string of the molecule is COC(=O)CP(c1ccccc1OC)C(C)(C)C. The Morgan fingerprint density at radius 3 is 2.33 bits per heavy atom. The first-order valence-electron chi connectivity index (χ1n) is 5.87. The Bertz CT molecular complexity index is 410. The van der Waals surface area contributed by atoms with Gasteiger partial charge in [0.1, 0.15) is 5.75 Å². The lowest BCUT2D eigenvalue weighted by atomic mass is 10.3. The van der Waals surface area contributed by atoms with Gasteiger partial charge in [0.2, 0.25) is 0 Å². The van der Waals surface area contributed by atoms with Crippen molar-refractivity contribution in [1.82, 2.24) is 0 Å². The molecule has 0 fully saturated rings. The fourth-order valence-electron chi connectivity index (χ4n) is 1.73. The van der Waals surface area contributed by atoms with Crippen LogP contribution in [0.25, 0.3) is 0 Å². The van der Waals surface area contributed by atoms with E-state index >= 15 is 0 Å². The zero-order valence-corrected chi connectivity index (χ0v) is 12.6. The molecule has 1 aromatic rings. The van der Waals surface area contributed by atoms with E-state index in [1.54, 1.807) is 7.11 Å².